The van der Waals surface area contributed by atoms with Gasteiger partial charge in [0.25, 0.3) is 0 Å². The predicted octanol–water partition coefficient (Wildman–Crippen LogP) is 3.04. The highest BCUT2D eigenvalue weighted by Gasteiger charge is 2.07. The number of benzene rings is 1. The van der Waals surface area contributed by atoms with Crippen molar-refractivity contribution in [3.05, 3.63) is 40.5 Å². The van der Waals surface area contributed by atoms with Gasteiger partial charge in [0, 0.05) is 22.8 Å². The number of nitriles is 1. The lowest BCUT2D eigenvalue weighted by atomic mass is 10.2. The second-order valence-corrected chi connectivity index (χ2v) is 3.68. The number of ether oxygens (including phenoxy) is 1. The number of halogens is 1. The van der Waals surface area contributed by atoms with Crippen LogP contribution in [0.1, 0.15) is 11.3 Å². The summed E-state index contributed by atoms with van der Waals surface area (Å²) in [6.07, 6.45) is 0. The molecule has 0 aliphatic carbocycles. The fraction of sp³-hybridized carbons (Fsp3) is 0.0909. The van der Waals surface area contributed by atoms with Gasteiger partial charge >= 0.3 is 0 Å². The van der Waals surface area contributed by atoms with Crippen molar-refractivity contribution in [2.75, 3.05) is 0 Å². The van der Waals surface area contributed by atoms with Gasteiger partial charge in [0.15, 0.2) is 0 Å². The van der Waals surface area contributed by atoms with Crippen molar-refractivity contribution in [1.82, 2.24) is 10.2 Å². The van der Waals surface area contributed by atoms with Gasteiger partial charge in [-0.2, -0.15) is 5.26 Å². The van der Waals surface area contributed by atoms with E-state index < -0.39 is 0 Å². The maximum absolute atomic E-state index is 8.89. The zero-order chi connectivity index (χ0) is 11.5. The molecule has 0 unspecified atom stereocenters. The molecule has 80 valence electrons. The summed E-state index contributed by atoms with van der Waals surface area (Å²) < 4.78 is 5.45. The molecule has 4 nitrogen and oxygen atoms in total. The first-order chi connectivity index (χ1) is 7.69. The summed E-state index contributed by atoms with van der Waals surface area (Å²) in [5.74, 6) is 0.817. The number of nitrogens with zero attached hydrogens (tertiary/aromatic N) is 2. The Morgan fingerprint density at radius 1 is 1.44 bits per heavy atom. The molecule has 0 aliphatic rings. The molecule has 1 aromatic heterocycles. The van der Waals surface area contributed by atoms with E-state index in [4.69, 9.17) is 21.6 Å². The van der Waals surface area contributed by atoms with Crippen molar-refractivity contribution in [2.24, 2.45) is 0 Å². The van der Waals surface area contributed by atoms with Gasteiger partial charge in [-0.1, -0.05) is 11.6 Å². The summed E-state index contributed by atoms with van der Waals surface area (Å²) in [4.78, 5) is 0. The molecule has 0 amide bonds. The lowest BCUT2D eigenvalue weighted by Crippen LogP contribution is -1.88. The van der Waals surface area contributed by atoms with Crippen LogP contribution in [0.25, 0.3) is 0 Å². The van der Waals surface area contributed by atoms with Crippen molar-refractivity contribution >= 4 is 11.6 Å². The highest BCUT2D eigenvalue weighted by molar-refractivity contribution is 6.30. The first-order valence-corrected chi connectivity index (χ1v) is 4.96. The Labute approximate surface area is 97.4 Å². The second kappa shape index (κ2) is 4.25. The van der Waals surface area contributed by atoms with E-state index in [9.17, 15) is 0 Å². The van der Waals surface area contributed by atoms with Gasteiger partial charge < -0.3 is 4.74 Å². The molecule has 0 fully saturated rings. The second-order valence-electron chi connectivity index (χ2n) is 3.24. The molecule has 0 bridgehead atoms. The average molecular weight is 234 g/mol. The molecule has 1 heterocycles. The summed E-state index contributed by atoms with van der Waals surface area (Å²) in [6.45, 7) is 1.86. The molecule has 2 rings (SSSR count). The third-order valence-corrected chi connectivity index (χ3v) is 2.20. The van der Waals surface area contributed by atoms with Crippen LogP contribution in [0.5, 0.6) is 11.6 Å². The molecule has 1 aromatic carbocycles. The number of aromatic nitrogens is 2. The molecule has 16 heavy (non-hydrogen) atoms. The zero-order valence-electron chi connectivity index (χ0n) is 8.49. The largest absolute Gasteiger partial charge is 0.436 e. The van der Waals surface area contributed by atoms with Crippen LogP contribution in [0, 0.1) is 18.3 Å². The maximum Gasteiger partial charge on any atom is 0.238 e. The number of aryl methyl sites for hydroxylation is 1. The topological polar surface area (TPSA) is 61.7 Å². The Morgan fingerprint density at radius 3 is 2.88 bits per heavy atom. The third-order valence-electron chi connectivity index (χ3n) is 1.96. The number of hydrogen-bond acceptors (Lipinski definition) is 3. The molecule has 0 spiro atoms. The van der Waals surface area contributed by atoms with Crippen molar-refractivity contribution in [2.45, 2.75) is 6.92 Å². The number of hydrogen-bond donors (Lipinski definition) is 1. The van der Waals surface area contributed by atoms with E-state index in [-0.39, 0.29) is 0 Å². The normalized spacial score (nSPS) is 9.81. The molecular weight excluding hydrogens is 226 g/mol. The Morgan fingerprint density at radius 2 is 2.25 bits per heavy atom. The number of H-pyrrole nitrogens is 1. The van der Waals surface area contributed by atoms with E-state index in [1.54, 1.807) is 24.3 Å². The van der Waals surface area contributed by atoms with Gasteiger partial charge in [0.05, 0.1) is 5.56 Å². The van der Waals surface area contributed by atoms with Gasteiger partial charge in [-0.3, -0.25) is 5.10 Å². The van der Waals surface area contributed by atoms with Crippen LogP contribution in [-0.2, 0) is 0 Å². The van der Waals surface area contributed by atoms with Crippen LogP contribution in [0.2, 0.25) is 5.02 Å². The highest BCUT2D eigenvalue weighted by Crippen LogP contribution is 2.27. The first-order valence-electron chi connectivity index (χ1n) is 4.58. The van der Waals surface area contributed by atoms with E-state index in [1.807, 2.05) is 13.0 Å². The fourth-order valence-electron chi connectivity index (χ4n) is 1.23. The van der Waals surface area contributed by atoms with Gasteiger partial charge in [0.2, 0.25) is 5.88 Å². The average Bonchev–Trinajstić information content (AvgIpc) is 2.64. The van der Waals surface area contributed by atoms with E-state index >= 15 is 0 Å². The molecular formula is C11H8ClN3O. The number of rotatable bonds is 2. The van der Waals surface area contributed by atoms with Crippen LogP contribution in [0.4, 0.5) is 0 Å². The van der Waals surface area contributed by atoms with E-state index in [0.717, 1.165) is 5.69 Å². The standard InChI is InChI=1S/C11H8ClN3O/c1-7-4-11(15-14-7)16-10-5-9(12)3-2-8(10)6-13/h2-5H,1H3,(H,14,15). The first kappa shape index (κ1) is 10.5. The van der Waals surface area contributed by atoms with Crippen LogP contribution >= 0.6 is 11.6 Å². The van der Waals surface area contributed by atoms with Gasteiger partial charge in [-0.05, 0) is 19.1 Å². The van der Waals surface area contributed by atoms with Crippen LogP contribution in [-0.4, -0.2) is 10.2 Å². The number of nitrogens with one attached hydrogen (secondary N) is 1. The van der Waals surface area contributed by atoms with Crippen molar-refractivity contribution in [3.8, 4) is 17.7 Å². The van der Waals surface area contributed by atoms with E-state index in [0.29, 0.717) is 22.2 Å². The Kier molecular flexibility index (Phi) is 2.80. The predicted molar refractivity (Wildman–Crippen MR) is 59.6 cm³/mol. The molecule has 0 saturated carbocycles. The lowest BCUT2D eigenvalue weighted by Gasteiger charge is -2.03. The molecule has 0 atom stereocenters. The summed E-state index contributed by atoms with van der Waals surface area (Å²) >= 11 is 5.83. The molecule has 1 N–H and O–H groups in total. The molecule has 0 saturated heterocycles. The summed E-state index contributed by atoms with van der Waals surface area (Å²) in [6, 6.07) is 8.60. The minimum atomic E-state index is 0.404. The Bertz CT molecular complexity index is 557. The number of aromatic amines is 1. The molecule has 2 aromatic rings. The summed E-state index contributed by atoms with van der Waals surface area (Å²) in [5, 5.41) is 16.1. The zero-order valence-corrected chi connectivity index (χ0v) is 9.25. The Balaban J connectivity index is 2.34. The lowest BCUT2D eigenvalue weighted by molar-refractivity contribution is 0.460. The van der Waals surface area contributed by atoms with Gasteiger partial charge in [-0.15, -0.1) is 5.10 Å². The van der Waals surface area contributed by atoms with Crippen LogP contribution in [0.15, 0.2) is 24.3 Å². The monoisotopic (exact) mass is 233 g/mol. The maximum atomic E-state index is 8.89. The summed E-state index contributed by atoms with van der Waals surface area (Å²) in [5.41, 5.74) is 1.31. The highest BCUT2D eigenvalue weighted by atomic mass is 35.5. The minimum absolute atomic E-state index is 0.404. The van der Waals surface area contributed by atoms with E-state index in [2.05, 4.69) is 10.2 Å². The van der Waals surface area contributed by atoms with Crippen LogP contribution < -0.4 is 4.74 Å². The molecule has 0 aliphatic heterocycles. The van der Waals surface area contributed by atoms with Gasteiger partial charge in [0.1, 0.15) is 11.8 Å². The van der Waals surface area contributed by atoms with Crippen molar-refractivity contribution in [1.29, 1.82) is 5.26 Å². The third kappa shape index (κ3) is 2.15. The minimum Gasteiger partial charge on any atom is -0.436 e. The van der Waals surface area contributed by atoms with Crippen LogP contribution in [0.3, 0.4) is 0 Å². The summed E-state index contributed by atoms with van der Waals surface area (Å²) in [7, 11) is 0. The Hall–Kier alpha value is -1.99. The van der Waals surface area contributed by atoms with E-state index in [1.165, 1.54) is 0 Å². The SMILES string of the molecule is Cc1cc(Oc2cc(Cl)ccc2C#N)n[nH]1. The smallest absolute Gasteiger partial charge is 0.238 e. The molecule has 0 radical (unpaired) electrons. The van der Waals surface area contributed by atoms with Crippen molar-refractivity contribution < 1.29 is 4.74 Å². The molecule has 5 heteroatoms. The fourth-order valence-corrected chi connectivity index (χ4v) is 1.39. The quantitative estimate of drug-likeness (QED) is 0.867. The van der Waals surface area contributed by atoms with Gasteiger partial charge in [-0.25, -0.2) is 0 Å². The van der Waals surface area contributed by atoms with Crippen molar-refractivity contribution in [3.63, 3.8) is 0 Å².